The molecule has 3 aromatic heterocycles. The van der Waals surface area contributed by atoms with E-state index in [2.05, 4.69) is 30.6 Å². The number of rotatable bonds is 1. The Morgan fingerprint density at radius 1 is 1.31 bits per heavy atom. The molecule has 3 rings (SSSR count). The van der Waals surface area contributed by atoms with Gasteiger partial charge in [-0.1, -0.05) is 0 Å². The van der Waals surface area contributed by atoms with Gasteiger partial charge in [-0.05, 0) is 23.4 Å². The first-order valence-electron chi connectivity index (χ1n) is 4.56. The smallest absolute Gasteiger partial charge is 0.260 e. The minimum absolute atomic E-state index is 0.270. The van der Waals surface area contributed by atoms with Crippen molar-refractivity contribution in [2.45, 2.75) is 0 Å². The first kappa shape index (κ1) is 8.72. The van der Waals surface area contributed by atoms with E-state index in [1.54, 1.807) is 18.3 Å². The summed E-state index contributed by atoms with van der Waals surface area (Å²) in [5, 5.41) is 14.1. The maximum absolute atomic E-state index is 11.7. The molecule has 0 saturated carbocycles. The van der Waals surface area contributed by atoms with Crippen LogP contribution < -0.4 is 5.56 Å². The third-order valence-electron chi connectivity index (χ3n) is 2.20. The molecule has 0 aliphatic rings. The van der Waals surface area contributed by atoms with E-state index in [1.165, 1.54) is 0 Å². The molecule has 0 saturated heterocycles. The van der Waals surface area contributed by atoms with E-state index < -0.39 is 0 Å². The summed E-state index contributed by atoms with van der Waals surface area (Å²) in [6.45, 7) is 0. The van der Waals surface area contributed by atoms with Crippen LogP contribution in [0.25, 0.3) is 22.4 Å². The molecule has 0 aliphatic carbocycles. The Labute approximate surface area is 88.5 Å². The predicted octanol–water partition coefficient (Wildman–Crippen LogP) is 0.103. The number of tetrazole rings is 1. The Hall–Kier alpha value is -2.57. The molecule has 0 spiro atoms. The zero-order chi connectivity index (χ0) is 11.0. The number of pyridine rings is 2. The Kier molecular flexibility index (Phi) is 1.76. The molecule has 3 aromatic rings. The summed E-state index contributed by atoms with van der Waals surface area (Å²) in [5.41, 5.74) is 0.626. The van der Waals surface area contributed by atoms with Gasteiger partial charge in [0.1, 0.15) is 5.65 Å². The van der Waals surface area contributed by atoms with Gasteiger partial charge in [0.2, 0.25) is 5.82 Å². The largest absolute Gasteiger partial charge is 0.306 e. The van der Waals surface area contributed by atoms with Crippen LogP contribution >= 0.6 is 0 Å². The van der Waals surface area contributed by atoms with Crippen LogP contribution in [0.4, 0.5) is 0 Å². The molecule has 0 fully saturated rings. The van der Waals surface area contributed by atoms with E-state index in [4.69, 9.17) is 0 Å². The van der Waals surface area contributed by atoms with Gasteiger partial charge in [-0.3, -0.25) is 4.79 Å². The van der Waals surface area contributed by atoms with Crippen LogP contribution in [-0.2, 0) is 0 Å². The van der Waals surface area contributed by atoms with Crippen LogP contribution in [0, 0.1) is 0 Å². The molecule has 7 nitrogen and oxygen atoms in total. The fraction of sp³-hybridized carbons (Fsp3) is 0. The Balaban J connectivity index is 2.34. The van der Waals surface area contributed by atoms with Crippen LogP contribution in [0.15, 0.2) is 29.2 Å². The molecule has 0 radical (unpaired) electrons. The highest BCUT2D eigenvalue weighted by Crippen LogP contribution is 2.13. The lowest BCUT2D eigenvalue weighted by atomic mass is 10.2. The monoisotopic (exact) mass is 214 g/mol. The molecular formula is C9H6N6O. The van der Waals surface area contributed by atoms with E-state index in [-0.39, 0.29) is 11.4 Å². The van der Waals surface area contributed by atoms with Gasteiger partial charge >= 0.3 is 0 Å². The van der Waals surface area contributed by atoms with Crippen molar-refractivity contribution in [3.05, 3.63) is 34.7 Å². The van der Waals surface area contributed by atoms with Gasteiger partial charge in [-0.15, -0.1) is 10.2 Å². The van der Waals surface area contributed by atoms with Gasteiger partial charge in [0.25, 0.3) is 5.56 Å². The molecule has 2 N–H and O–H groups in total. The van der Waals surface area contributed by atoms with Crippen LogP contribution in [0.1, 0.15) is 0 Å². The van der Waals surface area contributed by atoms with Crippen molar-refractivity contribution in [3.8, 4) is 11.4 Å². The maximum Gasteiger partial charge on any atom is 0.260 e. The normalized spacial score (nSPS) is 10.8. The van der Waals surface area contributed by atoms with Gasteiger partial charge < -0.3 is 4.98 Å². The van der Waals surface area contributed by atoms with Gasteiger partial charge in [-0.25, -0.2) is 4.98 Å². The predicted molar refractivity (Wildman–Crippen MR) is 55.5 cm³/mol. The number of aromatic amines is 2. The maximum atomic E-state index is 11.7. The van der Waals surface area contributed by atoms with Crippen LogP contribution in [0.3, 0.4) is 0 Å². The van der Waals surface area contributed by atoms with Crippen molar-refractivity contribution < 1.29 is 0 Å². The van der Waals surface area contributed by atoms with Crippen molar-refractivity contribution in [3.63, 3.8) is 0 Å². The first-order valence-corrected chi connectivity index (χ1v) is 4.56. The molecule has 78 valence electrons. The van der Waals surface area contributed by atoms with Gasteiger partial charge in [0.15, 0.2) is 0 Å². The molecule has 0 atom stereocenters. The van der Waals surface area contributed by atoms with Gasteiger partial charge in [0, 0.05) is 11.6 Å². The lowest BCUT2D eigenvalue weighted by molar-refractivity contribution is 0.881. The van der Waals surface area contributed by atoms with Crippen molar-refractivity contribution in [2.75, 3.05) is 0 Å². The lowest BCUT2D eigenvalue weighted by Crippen LogP contribution is -2.10. The topological polar surface area (TPSA) is 100 Å². The van der Waals surface area contributed by atoms with Gasteiger partial charge in [-0.2, -0.15) is 5.21 Å². The average Bonchev–Trinajstić information content (AvgIpc) is 2.81. The molecule has 0 aromatic carbocycles. The minimum atomic E-state index is -0.285. The Bertz CT molecular complexity index is 687. The SMILES string of the molecule is O=c1[nH]c2ncccc2cc1-c1nn[nH]n1. The second-order valence-electron chi connectivity index (χ2n) is 3.19. The Morgan fingerprint density at radius 2 is 2.25 bits per heavy atom. The fourth-order valence-electron chi connectivity index (χ4n) is 1.48. The number of H-pyrrole nitrogens is 2. The number of hydrogen-bond acceptors (Lipinski definition) is 5. The standard InChI is InChI=1S/C9H6N6O/c16-9-6(8-12-14-15-13-8)4-5-2-1-3-10-7(5)11-9/h1-4H,(H,10,11,16)(H,12,13,14,15). The summed E-state index contributed by atoms with van der Waals surface area (Å²) in [5.74, 6) is 0.270. The molecule has 3 heterocycles. The fourth-order valence-corrected chi connectivity index (χ4v) is 1.48. The summed E-state index contributed by atoms with van der Waals surface area (Å²) in [7, 11) is 0. The number of nitrogens with one attached hydrogen (secondary N) is 2. The summed E-state index contributed by atoms with van der Waals surface area (Å²) in [6.07, 6.45) is 1.62. The summed E-state index contributed by atoms with van der Waals surface area (Å²) >= 11 is 0. The molecule has 0 amide bonds. The quantitative estimate of drug-likeness (QED) is 0.598. The van der Waals surface area contributed by atoms with Crippen molar-refractivity contribution in [1.82, 2.24) is 30.6 Å². The van der Waals surface area contributed by atoms with Gasteiger partial charge in [0.05, 0.1) is 5.56 Å². The number of aromatic nitrogens is 6. The van der Waals surface area contributed by atoms with Crippen molar-refractivity contribution >= 4 is 11.0 Å². The molecule has 0 bridgehead atoms. The zero-order valence-corrected chi connectivity index (χ0v) is 8.01. The average molecular weight is 214 g/mol. The number of nitrogens with zero attached hydrogens (tertiary/aromatic N) is 4. The first-order chi connectivity index (χ1) is 7.84. The van der Waals surface area contributed by atoms with Crippen LogP contribution in [0.5, 0.6) is 0 Å². The van der Waals surface area contributed by atoms with Crippen LogP contribution in [-0.4, -0.2) is 30.6 Å². The van der Waals surface area contributed by atoms with E-state index in [0.29, 0.717) is 11.2 Å². The second-order valence-corrected chi connectivity index (χ2v) is 3.19. The molecule has 16 heavy (non-hydrogen) atoms. The number of fused-ring (bicyclic) bond motifs is 1. The summed E-state index contributed by atoms with van der Waals surface area (Å²) in [4.78, 5) is 18.4. The van der Waals surface area contributed by atoms with Crippen molar-refractivity contribution in [1.29, 1.82) is 0 Å². The second kappa shape index (κ2) is 3.23. The molecule has 0 aliphatic heterocycles. The summed E-state index contributed by atoms with van der Waals surface area (Å²) in [6, 6.07) is 5.33. The van der Waals surface area contributed by atoms with Crippen molar-refractivity contribution in [2.24, 2.45) is 0 Å². The molecule has 7 heteroatoms. The van der Waals surface area contributed by atoms with E-state index in [0.717, 1.165) is 5.39 Å². The zero-order valence-electron chi connectivity index (χ0n) is 8.01. The van der Waals surface area contributed by atoms with E-state index in [1.807, 2.05) is 6.07 Å². The lowest BCUT2D eigenvalue weighted by Gasteiger charge is -1.97. The van der Waals surface area contributed by atoms with E-state index >= 15 is 0 Å². The van der Waals surface area contributed by atoms with Crippen LogP contribution in [0.2, 0.25) is 0 Å². The number of hydrogen-bond donors (Lipinski definition) is 2. The highest BCUT2D eigenvalue weighted by Gasteiger charge is 2.09. The third-order valence-corrected chi connectivity index (χ3v) is 2.20. The van der Waals surface area contributed by atoms with E-state index in [9.17, 15) is 4.79 Å². The third kappa shape index (κ3) is 1.26. The highest BCUT2D eigenvalue weighted by atomic mass is 16.1. The highest BCUT2D eigenvalue weighted by molar-refractivity contribution is 5.78. The Morgan fingerprint density at radius 3 is 3.06 bits per heavy atom. The minimum Gasteiger partial charge on any atom is -0.306 e. The molecule has 0 unspecified atom stereocenters. The molecular weight excluding hydrogens is 208 g/mol. The summed E-state index contributed by atoms with van der Waals surface area (Å²) < 4.78 is 0.